The molecule has 1 saturated heterocycles. The molecule has 0 bridgehead atoms. The summed E-state index contributed by atoms with van der Waals surface area (Å²) in [5, 5.41) is 10.5. The van der Waals surface area contributed by atoms with Gasteiger partial charge in [0, 0.05) is 6.04 Å². The van der Waals surface area contributed by atoms with Crippen molar-refractivity contribution in [2.75, 3.05) is 0 Å². The molecule has 1 rings (SSSR count). The second-order valence-corrected chi connectivity index (χ2v) is 3.43. The van der Waals surface area contributed by atoms with Gasteiger partial charge >= 0.3 is 0 Å². The van der Waals surface area contributed by atoms with Crippen LogP contribution >= 0.6 is 0 Å². The first kappa shape index (κ1) is 7.57. The molecule has 0 radical (unpaired) electrons. The van der Waals surface area contributed by atoms with Gasteiger partial charge in [0.05, 0.1) is 11.2 Å². The van der Waals surface area contributed by atoms with Gasteiger partial charge in [-0.1, -0.05) is 6.58 Å². The summed E-state index contributed by atoms with van der Waals surface area (Å²) in [5.41, 5.74) is 6.02. The first-order valence-corrected chi connectivity index (χ1v) is 3.38. The van der Waals surface area contributed by atoms with E-state index in [0.717, 1.165) is 11.5 Å². The lowest BCUT2D eigenvalue weighted by atomic mass is 10.0. The van der Waals surface area contributed by atoms with E-state index in [4.69, 9.17) is 5.73 Å². The second-order valence-electron chi connectivity index (χ2n) is 3.43. The molecule has 1 atom stereocenters. The number of hydrogen-bond donors (Lipinski definition) is 2. The minimum absolute atomic E-state index is 0.0833. The van der Waals surface area contributed by atoms with E-state index in [1.807, 2.05) is 13.8 Å². The van der Waals surface area contributed by atoms with Crippen LogP contribution in [0.25, 0.3) is 0 Å². The maximum Gasteiger partial charge on any atom is 0.0631 e. The van der Waals surface area contributed by atoms with E-state index in [-0.39, 0.29) is 11.6 Å². The monoisotopic (exact) mass is 142 g/mol. The summed E-state index contributed by atoms with van der Waals surface area (Å²) in [6.45, 7) is 7.53. The van der Waals surface area contributed by atoms with Crippen LogP contribution in [0.3, 0.4) is 0 Å². The highest BCUT2D eigenvalue weighted by Crippen LogP contribution is 2.31. The van der Waals surface area contributed by atoms with Crippen LogP contribution in [-0.2, 0) is 0 Å². The lowest BCUT2D eigenvalue weighted by Crippen LogP contribution is -2.33. The maximum atomic E-state index is 9.35. The van der Waals surface area contributed by atoms with Gasteiger partial charge < -0.3 is 5.73 Å². The highest BCUT2D eigenvalue weighted by atomic mass is 16.5. The van der Waals surface area contributed by atoms with Crippen molar-refractivity contribution >= 4 is 0 Å². The molecule has 0 aliphatic carbocycles. The minimum atomic E-state index is -0.240. The second kappa shape index (κ2) is 1.97. The summed E-state index contributed by atoms with van der Waals surface area (Å²) in [6.07, 6.45) is 0.766. The Morgan fingerprint density at radius 1 is 1.80 bits per heavy atom. The molecule has 1 aliphatic heterocycles. The fourth-order valence-corrected chi connectivity index (χ4v) is 1.29. The van der Waals surface area contributed by atoms with E-state index >= 15 is 0 Å². The van der Waals surface area contributed by atoms with Gasteiger partial charge in [-0.25, -0.2) is 0 Å². The molecule has 1 heterocycles. The smallest absolute Gasteiger partial charge is 0.0631 e. The van der Waals surface area contributed by atoms with Crippen LogP contribution < -0.4 is 5.73 Å². The predicted molar refractivity (Wildman–Crippen MR) is 39.4 cm³/mol. The van der Waals surface area contributed by atoms with Gasteiger partial charge in [0.1, 0.15) is 0 Å². The zero-order chi connectivity index (χ0) is 7.94. The molecular weight excluding hydrogens is 128 g/mol. The minimum Gasteiger partial charge on any atom is -0.323 e. The standard InChI is InChI=1S/C7H14N2O/c1-5-6(8)4-7(2,3)9(5)10/h6,10H,1,4,8H2,2-3H3. The Morgan fingerprint density at radius 3 is 2.40 bits per heavy atom. The third kappa shape index (κ3) is 0.914. The van der Waals surface area contributed by atoms with Crippen LogP contribution in [0.15, 0.2) is 12.3 Å². The Labute approximate surface area is 61.1 Å². The molecule has 1 aliphatic rings. The predicted octanol–water partition coefficient (Wildman–Crippen LogP) is 0.701. The Hall–Kier alpha value is -0.540. The Morgan fingerprint density at radius 2 is 2.30 bits per heavy atom. The van der Waals surface area contributed by atoms with Gasteiger partial charge in [-0.3, -0.25) is 10.3 Å². The van der Waals surface area contributed by atoms with Crippen molar-refractivity contribution in [3.63, 3.8) is 0 Å². The molecule has 3 heteroatoms. The number of hydrogen-bond acceptors (Lipinski definition) is 3. The van der Waals surface area contributed by atoms with Crippen molar-refractivity contribution < 1.29 is 5.21 Å². The summed E-state index contributed by atoms with van der Waals surface area (Å²) in [5.74, 6) is 0. The molecule has 58 valence electrons. The first-order valence-electron chi connectivity index (χ1n) is 3.38. The van der Waals surface area contributed by atoms with E-state index in [0.29, 0.717) is 5.70 Å². The zero-order valence-corrected chi connectivity index (χ0v) is 6.46. The van der Waals surface area contributed by atoms with Crippen LogP contribution in [-0.4, -0.2) is 21.9 Å². The molecule has 0 saturated carbocycles. The maximum absolute atomic E-state index is 9.35. The molecule has 10 heavy (non-hydrogen) atoms. The first-order chi connectivity index (χ1) is 4.45. The molecular formula is C7H14N2O. The van der Waals surface area contributed by atoms with Gasteiger partial charge in [-0.15, -0.1) is 0 Å². The molecule has 0 aromatic carbocycles. The molecule has 0 aromatic rings. The van der Waals surface area contributed by atoms with Crippen molar-refractivity contribution in [2.45, 2.75) is 31.8 Å². The highest BCUT2D eigenvalue weighted by Gasteiger charge is 2.38. The lowest BCUT2D eigenvalue weighted by Gasteiger charge is -2.26. The summed E-state index contributed by atoms with van der Waals surface area (Å²) in [4.78, 5) is 0. The van der Waals surface area contributed by atoms with Crippen molar-refractivity contribution in [2.24, 2.45) is 5.73 Å². The zero-order valence-electron chi connectivity index (χ0n) is 6.46. The number of hydroxylamine groups is 2. The van der Waals surface area contributed by atoms with E-state index in [1.54, 1.807) is 0 Å². The Balaban J connectivity index is 2.81. The van der Waals surface area contributed by atoms with Gasteiger partial charge in [-0.05, 0) is 20.3 Å². The fourth-order valence-electron chi connectivity index (χ4n) is 1.29. The quantitative estimate of drug-likeness (QED) is 0.523. The van der Waals surface area contributed by atoms with Crippen molar-refractivity contribution in [3.8, 4) is 0 Å². The molecule has 0 spiro atoms. The average molecular weight is 142 g/mol. The Kier molecular flexibility index (Phi) is 1.49. The summed E-state index contributed by atoms with van der Waals surface area (Å²) >= 11 is 0. The summed E-state index contributed by atoms with van der Waals surface area (Å²) < 4.78 is 0. The molecule has 1 fully saturated rings. The van der Waals surface area contributed by atoms with Crippen LogP contribution in [0.4, 0.5) is 0 Å². The largest absolute Gasteiger partial charge is 0.323 e. The summed E-state index contributed by atoms with van der Waals surface area (Å²) in [7, 11) is 0. The van der Waals surface area contributed by atoms with E-state index in [2.05, 4.69) is 6.58 Å². The topological polar surface area (TPSA) is 49.5 Å². The molecule has 3 nitrogen and oxygen atoms in total. The van der Waals surface area contributed by atoms with E-state index < -0.39 is 0 Å². The molecule has 0 amide bonds. The SMILES string of the molecule is C=C1C(N)CC(C)(C)N1O. The molecule has 0 aromatic heterocycles. The van der Waals surface area contributed by atoms with Crippen molar-refractivity contribution in [1.82, 2.24) is 5.06 Å². The molecule has 1 unspecified atom stereocenters. The third-order valence-corrected chi connectivity index (χ3v) is 1.99. The van der Waals surface area contributed by atoms with Gasteiger partial charge in [-0.2, -0.15) is 0 Å². The summed E-state index contributed by atoms with van der Waals surface area (Å²) in [6, 6.07) is -0.0833. The van der Waals surface area contributed by atoms with E-state index in [9.17, 15) is 5.21 Å². The van der Waals surface area contributed by atoms with Gasteiger partial charge in [0.25, 0.3) is 0 Å². The van der Waals surface area contributed by atoms with Crippen molar-refractivity contribution in [1.29, 1.82) is 0 Å². The fraction of sp³-hybridized carbons (Fsp3) is 0.714. The number of nitrogens with two attached hydrogens (primary N) is 1. The van der Waals surface area contributed by atoms with Crippen LogP contribution in [0, 0.1) is 0 Å². The molecule has 3 N–H and O–H groups in total. The van der Waals surface area contributed by atoms with Gasteiger partial charge in [0.15, 0.2) is 0 Å². The van der Waals surface area contributed by atoms with E-state index in [1.165, 1.54) is 0 Å². The van der Waals surface area contributed by atoms with Crippen LogP contribution in [0.1, 0.15) is 20.3 Å². The van der Waals surface area contributed by atoms with Crippen LogP contribution in [0.2, 0.25) is 0 Å². The lowest BCUT2D eigenvalue weighted by molar-refractivity contribution is -0.110. The number of nitrogens with zero attached hydrogens (tertiary/aromatic N) is 1. The Bertz CT molecular complexity index is 165. The average Bonchev–Trinajstić information content (AvgIpc) is 1.95. The van der Waals surface area contributed by atoms with Crippen molar-refractivity contribution in [3.05, 3.63) is 12.3 Å². The third-order valence-electron chi connectivity index (χ3n) is 1.99. The number of rotatable bonds is 0. The van der Waals surface area contributed by atoms with Crippen LogP contribution in [0.5, 0.6) is 0 Å². The highest BCUT2D eigenvalue weighted by molar-refractivity contribution is 5.13. The normalized spacial score (nSPS) is 31.4. The van der Waals surface area contributed by atoms with Gasteiger partial charge in [0.2, 0.25) is 0 Å².